The lowest BCUT2D eigenvalue weighted by atomic mass is 9.86. The Morgan fingerprint density at radius 3 is 2.50 bits per heavy atom. The highest BCUT2D eigenvalue weighted by atomic mass is 32.2. The number of halogens is 2. The Hall–Kier alpha value is -1.58. The topological polar surface area (TPSA) is 86.7 Å². The van der Waals surface area contributed by atoms with Crippen LogP contribution in [0, 0.1) is 18.6 Å². The van der Waals surface area contributed by atoms with Crippen LogP contribution in [0.5, 0.6) is 0 Å². The first-order valence-electron chi connectivity index (χ1n) is 7.57. The summed E-state index contributed by atoms with van der Waals surface area (Å²) in [6.45, 7) is 3.63. The molecule has 2 rings (SSSR count). The molecule has 2 N–H and O–H groups in total. The second-order valence-corrected chi connectivity index (χ2v) is 7.61. The molecule has 1 saturated carbocycles. The van der Waals surface area contributed by atoms with Crippen LogP contribution in [0.15, 0.2) is 17.0 Å². The zero-order valence-corrected chi connectivity index (χ0v) is 14.2. The number of hydrogen-bond acceptors (Lipinski definition) is 4. The summed E-state index contributed by atoms with van der Waals surface area (Å²) in [6.07, 6.45) is 0.893. The van der Waals surface area contributed by atoms with Gasteiger partial charge in [0.05, 0.1) is 6.54 Å². The maximum Gasteiger partial charge on any atom is 0.317 e. The third-order valence-corrected chi connectivity index (χ3v) is 5.73. The Morgan fingerprint density at radius 2 is 1.96 bits per heavy atom. The van der Waals surface area contributed by atoms with E-state index in [-0.39, 0.29) is 18.2 Å². The smallest absolute Gasteiger partial charge is 0.317 e. The average molecular weight is 362 g/mol. The molecule has 0 aromatic heterocycles. The van der Waals surface area contributed by atoms with Crippen molar-refractivity contribution in [3.63, 3.8) is 0 Å². The predicted octanol–water partition coefficient (Wildman–Crippen LogP) is 1.49. The maximum atomic E-state index is 13.8. The van der Waals surface area contributed by atoms with Gasteiger partial charge in [-0.15, -0.1) is 0 Å². The van der Waals surface area contributed by atoms with Crippen molar-refractivity contribution < 1.29 is 27.1 Å². The Kier molecular flexibility index (Phi) is 5.56. The van der Waals surface area contributed by atoms with E-state index in [1.165, 1.54) is 6.92 Å². The number of carbonyl (C=O) groups is 1. The minimum absolute atomic E-state index is 0.0291. The second kappa shape index (κ2) is 7.12. The van der Waals surface area contributed by atoms with E-state index < -0.39 is 38.6 Å². The average Bonchev–Trinajstić information content (AvgIpc) is 2.43. The highest BCUT2D eigenvalue weighted by molar-refractivity contribution is 7.89. The number of likely N-dealkylation sites (N-methyl/N-ethyl adjacent to an activating group) is 1. The molecule has 24 heavy (non-hydrogen) atoms. The standard InChI is InChI=1S/C15H20F2N2O4S/c1-3-19(8-15(20)21)11-5-10(6-11)18-24(22,23)14-4-9(2)12(16)7-13(14)17/h4,7,10-11,18H,3,5-6,8H2,1-2H3,(H,20,21). The molecule has 0 heterocycles. The van der Waals surface area contributed by atoms with E-state index in [4.69, 9.17) is 5.11 Å². The normalized spacial score (nSPS) is 20.9. The first-order valence-corrected chi connectivity index (χ1v) is 9.06. The molecule has 0 aliphatic heterocycles. The third-order valence-electron chi connectivity index (χ3n) is 4.20. The minimum Gasteiger partial charge on any atom is -0.480 e. The van der Waals surface area contributed by atoms with Crippen LogP contribution in [0.4, 0.5) is 8.78 Å². The van der Waals surface area contributed by atoms with Gasteiger partial charge in [0.15, 0.2) is 0 Å². The van der Waals surface area contributed by atoms with Crippen molar-refractivity contribution in [1.82, 2.24) is 9.62 Å². The van der Waals surface area contributed by atoms with Gasteiger partial charge in [0.1, 0.15) is 16.5 Å². The molecular formula is C15H20F2N2O4S. The summed E-state index contributed by atoms with van der Waals surface area (Å²) in [5, 5.41) is 8.84. The number of aliphatic carboxylic acids is 1. The Bertz CT molecular complexity index is 733. The van der Waals surface area contributed by atoms with Gasteiger partial charge in [-0.3, -0.25) is 9.69 Å². The van der Waals surface area contributed by atoms with E-state index in [9.17, 15) is 22.0 Å². The summed E-state index contributed by atoms with van der Waals surface area (Å²) >= 11 is 0. The number of nitrogens with one attached hydrogen (secondary N) is 1. The first-order chi connectivity index (χ1) is 11.1. The molecule has 0 bridgehead atoms. The molecule has 1 aliphatic rings. The largest absolute Gasteiger partial charge is 0.480 e. The van der Waals surface area contributed by atoms with E-state index >= 15 is 0 Å². The predicted molar refractivity (Wildman–Crippen MR) is 83.1 cm³/mol. The fourth-order valence-corrected chi connectivity index (χ4v) is 4.18. The summed E-state index contributed by atoms with van der Waals surface area (Å²) in [5.41, 5.74) is 0.0434. The lowest BCUT2D eigenvalue weighted by Gasteiger charge is -2.42. The zero-order valence-electron chi connectivity index (χ0n) is 13.4. The summed E-state index contributed by atoms with van der Waals surface area (Å²) in [7, 11) is -4.10. The van der Waals surface area contributed by atoms with E-state index in [0.29, 0.717) is 25.5 Å². The summed E-state index contributed by atoms with van der Waals surface area (Å²) in [6, 6.07) is 1.09. The van der Waals surface area contributed by atoms with Gasteiger partial charge in [0.2, 0.25) is 10.0 Å². The fourth-order valence-electron chi connectivity index (χ4n) is 2.77. The van der Waals surface area contributed by atoms with Crippen LogP contribution in [0.25, 0.3) is 0 Å². The molecule has 0 unspecified atom stereocenters. The van der Waals surface area contributed by atoms with Gasteiger partial charge in [-0.25, -0.2) is 21.9 Å². The SMILES string of the molecule is CCN(CC(=O)O)C1CC(NS(=O)(=O)c2cc(C)c(F)cc2F)C1. The molecule has 0 spiro atoms. The molecule has 1 fully saturated rings. The molecule has 134 valence electrons. The summed E-state index contributed by atoms with van der Waals surface area (Å²) < 4.78 is 53.9. The quantitative estimate of drug-likeness (QED) is 0.767. The van der Waals surface area contributed by atoms with Crippen molar-refractivity contribution in [3.05, 3.63) is 29.3 Å². The second-order valence-electron chi connectivity index (χ2n) is 5.93. The van der Waals surface area contributed by atoms with Crippen LogP contribution in [0.3, 0.4) is 0 Å². The number of hydrogen-bond donors (Lipinski definition) is 2. The molecule has 1 aliphatic carbocycles. The minimum atomic E-state index is -4.10. The van der Waals surface area contributed by atoms with E-state index in [0.717, 1.165) is 6.07 Å². The zero-order chi connectivity index (χ0) is 18.1. The van der Waals surface area contributed by atoms with E-state index in [1.807, 2.05) is 6.92 Å². The summed E-state index contributed by atoms with van der Waals surface area (Å²) in [4.78, 5) is 11.9. The van der Waals surface area contributed by atoms with Gasteiger partial charge in [0.25, 0.3) is 0 Å². The first kappa shape index (κ1) is 18.8. The lowest BCUT2D eigenvalue weighted by Crippen LogP contribution is -2.54. The Labute approximate surface area is 139 Å². The number of aryl methyl sites for hydroxylation is 1. The molecule has 0 amide bonds. The Morgan fingerprint density at radius 1 is 1.33 bits per heavy atom. The van der Waals surface area contributed by atoms with Crippen molar-refractivity contribution >= 4 is 16.0 Å². The van der Waals surface area contributed by atoms with E-state index in [2.05, 4.69) is 4.72 Å². The highest BCUT2D eigenvalue weighted by Gasteiger charge is 2.37. The molecular weight excluding hydrogens is 342 g/mol. The highest BCUT2D eigenvalue weighted by Crippen LogP contribution is 2.28. The molecule has 0 saturated heterocycles. The van der Waals surface area contributed by atoms with Crippen molar-refractivity contribution in [1.29, 1.82) is 0 Å². The molecule has 6 nitrogen and oxygen atoms in total. The molecule has 1 aromatic carbocycles. The summed E-state index contributed by atoms with van der Waals surface area (Å²) in [5.74, 6) is -2.88. The van der Waals surface area contributed by atoms with Gasteiger partial charge >= 0.3 is 5.97 Å². The van der Waals surface area contributed by atoms with Crippen molar-refractivity contribution in [2.45, 2.75) is 43.7 Å². The van der Waals surface area contributed by atoms with Crippen LogP contribution < -0.4 is 4.72 Å². The molecule has 0 atom stereocenters. The number of sulfonamides is 1. The number of rotatable bonds is 7. The number of nitrogens with zero attached hydrogens (tertiary/aromatic N) is 1. The molecule has 9 heteroatoms. The van der Waals surface area contributed by atoms with Gasteiger partial charge in [-0.2, -0.15) is 0 Å². The lowest BCUT2D eigenvalue weighted by molar-refractivity contribution is -0.139. The van der Waals surface area contributed by atoms with Crippen LogP contribution in [0.1, 0.15) is 25.3 Å². The monoisotopic (exact) mass is 362 g/mol. The van der Waals surface area contributed by atoms with Crippen LogP contribution >= 0.6 is 0 Å². The van der Waals surface area contributed by atoms with Gasteiger partial charge in [-0.1, -0.05) is 6.92 Å². The van der Waals surface area contributed by atoms with E-state index in [1.54, 1.807) is 4.90 Å². The van der Waals surface area contributed by atoms with Gasteiger partial charge in [0, 0.05) is 18.2 Å². The van der Waals surface area contributed by atoms with Crippen molar-refractivity contribution in [2.24, 2.45) is 0 Å². The molecule has 1 aromatic rings. The van der Waals surface area contributed by atoms with Crippen LogP contribution in [0.2, 0.25) is 0 Å². The Balaban J connectivity index is 2.03. The van der Waals surface area contributed by atoms with Crippen LogP contribution in [-0.4, -0.2) is 49.6 Å². The third kappa shape index (κ3) is 4.08. The van der Waals surface area contributed by atoms with Gasteiger partial charge < -0.3 is 5.11 Å². The maximum absolute atomic E-state index is 13.8. The molecule has 0 radical (unpaired) electrons. The number of carboxylic acids is 1. The van der Waals surface area contributed by atoms with Crippen molar-refractivity contribution in [2.75, 3.05) is 13.1 Å². The number of carboxylic acid groups (broad SMARTS) is 1. The van der Waals surface area contributed by atoms with Gasteiger partial charge in [-0.05, 0) is 37.9 Å². The fraction of sp³-hybridized carbons (Fsp3) is 0.533. The van der Waals surface area contributed by atoms with Crippen molar-refractivity contribution in [3.8, 4) is 0 Å². The number of benzene rings is 1. The van der Waals surface area contributed by atoms with Crippen LogP contribution in [-0.2, 0) is 14.8 Å².